The van der Waals surface area contributed by atoms with E-state index >= 15 is 0 Å². The fraction of sp³-hybridized carbons (Fsp3) is 0.625. The number of methoxy groups -OCH3 is 1. The lowest BCUT2D eigenvalue weighted by Crippen LogP contribution is -2.61. The van der Waals surface area contributed by atoms with Crippen LogP contribution in [0.4, 0.5) is 0 Å². The number of ether oxygens (including phenoxy) is 3. The highest BCUT2D eigenvalue weighted by molar-refractivity contribution is 14.1. The van der Waals surface area contributed by atoms with Crippen molar-refractivity contribution < 1.29 is 14.2 Å². The Bertz CT molecular complexity index is 412. The van der Waals surface area contributed by atoms with Gasteiger partial charge in [0.1, 0.15) is 18.0 Å². The number of nitrogens with one attached hydrogen (secondary N) is 1. The molecule has 0 amide bonds. The van der Waals surface area contributed by atoms with Gasteiger partial charge in [-0.1, -0.05) is 6.92 Å². The van der Waals surface area contributed by atoms with Gasteiger partial charge in [-0.15, -0.1) is 0 Å². The zero-order valence-corrected chi connectivity index (χ0v) is 14.8. The van der Waals surface area contributed by atoms with Crippen molar-refractivity contribution in [3.05, 3.63) is 27.8 Å². The molecule has 0 spiro atoms. The third-order valence-corrected chi connectivity index (χ3v) is 4.32. The highest BCUT2D eigenvalue weighted by Gasteiger charge is 2.43. The summed E-state index contributed by atoms with van der Waals surface area (Å²) in [6, 6.07) is 8.53. The third-order valence-electron chi connectivity index (χ3n) is 3.60. The number of benzene rings is 1. The Kier molecular flexibility index (Phi) is 7.22. The molecule has 3 unspecified atom stereocenters. The molecule has 1 aliphatic rings. The highest BCUT2D eigenvalue weighted by atomic mass is 127. The smallest absolute Gasteiger partial charge is 0.128 e. The lowest BCUT2D eigenvalue weighted by molar-refractivity contribution is -0.115. The molecule has 1 N–H and O–H groups in total. The number of hydrogen-bond acceptors (Lipinski definition) is 4. The van der Waals surface area contributed by atoms with E-state index in [9.17, 15) is 0 Å². The van der Waals surface area contributed by atoms with Crippen LogP contribution in [0.3, 0.4) is 0 Å². The van der Waals surface area contributed by atoms with E-state index < -0.39 is 0 Å². The van der Waals surface area contributed by atoms with Crippen molar-refractivity contribution >= 4 is 22.6 Å². The molecule has 5 heteroatoms. The fourth-order valence-corrected chi connectivity index (χ4v) is 2.76. The van der Waals surface area contributed by atoms with Crippen LogP contribution in [0.15, 0.2) is 24.3 Å². The molecule has 0 radical (unpaired) electrons. The van der Waals surface area contributed by atoms with Gasteiger partial charge in [-0.25, -0.2) is 0 Å². The average molecular weight is 405 g/mol. The number of rotatable bonds is 9. The fourth-order valence-electron chi connectivity index (χ4n) is 2.41. The molecule has 1 aromatic carbocycles. The minimum Gasteiger partial charge on any atom is -0.488 e. The maximum atomic E-state index is 6.05. The van der Waals surface area contributed by atoms with E-state index in [1.54, 1.807) is 7.11 Å². The normalized spacial score (nSPS) is 24.6. The van der Waals surface area contributed by atoms with E-state index in [2.05, 4.69) is 47.0 Å². The van der Waals surface area contributed by atoms with E-state index in [-0.39, 0.29) is 12.2 Å². The van der Waals surface area contributed by atoms with Gasteiger partial charge >= 0.3 is 0 Å². The second-order valence-corrected chi connectivity index (χ2v) is 6.48. The molecule has 0 aromatic heterocycles. The largest absolute Gasteiger partial charge is 0.488 e. The summed E-state index contributed by atoms with van der Waals surface area (Å²) >= 11 is 2.29. The Morgan fingerprint density at radius 2 is 2.00 bits per heavy atom. The molecule has 1 aromatic rings. The molecule has 1 fully saturated rings. The van der Waals surface area contributed by atoms with Crippen LogP contribution in [-0.4, -0.2) is 45.1 Å². The number of halogens is 1. The van der Waals surface area contributed by atoms with E-state index in [1.807, 2.05) is 12.1 Å². The molecule has 3 atom stereocenters. The van der Waals surface area contributed by atoms with E-state index in [1.165, 1.54) is 3.57 Å². The lowest BCUT2D eigenvalue weighted by atomic mass is 9.85. The van der Waals surface area contributed by atoms with Crippen LogP contribution in [0, 0.1) is 3.57 Å². The van der Waals surface area contributed by atoms with Crippen molar-refractivity contribution in [3.8, 4) is 5.75 Å². The van der Waals surface area contributed by atoms with Gasteiger partial charge in [-0.05, 0) is 59.8 Å². The Labute approximate surface area is 140 Å². The summed E-state index contributed by atoms with van der Waals surface area (Å²) in [6.07, 6.45) is 2.34. The van der Waals surface area contributed by atoms with Crippen LogP contribution in [0.1, 0.15) is 19.8 Å². The van der Waals surface area contributed by atoms with Crippen LogP contribution in [-0.2, 0) is 9.47 Å². The summed E-state index contributed by atoms with van der Waals surface area (Å²) in [6.45, 7) is 4.42. The van der Waals surface area contributed by atoms with E-state index in [0.717, 1.165) is 25.1 Å². The summed E-state index contributed by atoms with van der Waals surface area (Å²) in [5, 5.41) is 3.52. The summed E-state index contributed by atoms with van der Waals surface area (Å²) in [7, 11) is 1.69. The quantitative estimate of drug-likeness (QED) is 0.507. The number of hydrogen-bond donors (Lipinski definition) is 1. The standard InChI is InChI=1S/C16H24INO3/c1-3-8-18-14-11-15(16(14)20-10-9-19-2)21-13-6-4-12(17)5-7-13/h4-7,14-16,18H,3,8-11H2,1-2H3. The Morgan fingerprint density at radius 3 is 2.67 bits per heavy atom. The van der Waals surface area contributed by atoms with Crippen molar-refractivity contribution in [2.24, 2.45) is 0 Å². The van der Waals surface area contributed by atoms with Gasteiger partial charge in [-0.2, -0.15) is 0 Å². The SMILES string of the molecule is CCCNC1CC(Oc2ccc(I)cc2)C1OCCOC. The molecule has 1 aliphatic carbocycles. The monoisotopic (exact) mass is 405 g/mol. The predicted octanol–water partition coefficient (Wildman–Crippen LogP) is 2.84. The summed E-state index contributed by atoms with van der Waals surface area (Å²) < 4.78 is 18.2. The third kappa shape index (κ3) is 5.09. The van der Waals surface area contributed by atoms with Gasteiger partial charge in [0.15, 0.2) is 0 Å². The maximum Gasteiger partial charge on any atom is 0.128 e. The van der Waals surface area contributed by atoms with Crippen LogP contribution in [0.2, 0.25) is 0 Å². The second kappa shape index (κ2) is 8.92. The van der Waals surface area contributed by atoms with Crippen molar-refractivity contribution in [1.82, 2.24) is 5.32 Å². The van der Waals surface area contributed by atoms with Gasteiger partial charge in [0.2, 0.25) is 0 Å². The summed E-state index contributed by atoms with van der Waals surface area (Å²) in [5.41, 5.74) is 0. The van der Waals surface area contributed by atoms with E-state index in [4.69, 9.17) is 14.2 Å². The van der Waals surface area contributed by atoms with Gasteiger partial charge in [0.25, 0.3) is 0 Å². The molecule has 0 heterocycles. The van der Waals surface area contributed by atoms with Crippen LogP contribution in [0.5, 0.6) is 5.75 Å². The molecular formula is C16H24INO3. The Morgan fingerprint density at radius 1 is 1.24 bits per heavy atom. The molecule has 2 rings (SSSR count). The molecule has 21 heavy (non-hydrogen) atoms. The molecular weight excluding hydrogens is 381 g/mol. The molecule has 118 valence electrons. The molecule has 0 saturated heterocycles. The Balaban J connectivity index is 1.86. The van der Waals surface area contributed by atoms with E-state index in [0.29, 0.717) is 19.3 Å². The van der Waals surface area contributed by atoms with Crippen molar-refractivity contribution in [3.63, 3.8) is 0 Å². The zero-order chi connectivity index (χ0) is 15.1. The van der Waals surface area contributed by atoms with Gasteiger partial charge in [0.05, 0.1) is 13.2 Å². The first-order valence-corrected chi connectivity index (χ1v) is 8.58. The van der Waals surface area contributed by atoms with Crippen LogP contribution >= 0.6 is 22.6 Å². The second-order valence-electron chi connectivity index (χ2n) is 5.23. The van der Waals surface area contributed by atoms with Gasteiger partial charge in [-0.3, -0.25) is 0 Å². The molecule has 0 bridgehead atoms. The first-order valence-electron chi connectivity index (χ1n) is 7.50. The first-order chi connectivity index (χ1) is 10.2. The molecule has 1 saturated carbocycles. The lowest BCUT2D eigenvalue weighted by Gasteiger charge is -2.44. The van der Waals surface area contributed by atoms with Gasteiger partial charge < -0.3 is 19.5 Å². The maximum absolute atomic E-state index is 6.05. The minimum absolute atomic E-state index is 0.103. The molecule has 0 aliphatic heterocycles. The topological polar surface area (TPSA) is 39.7 Å². The zero-order valence-electron chi connectivity index (χ0n) is 12.7. The van der Waals surface area contributed by atoms with Gasteiger partial charge in [0, 0.05) is 23.1 Å². The minimum atomic E-state index is 0.103. The molecule has 4 nitrogen and oxygen atoms in total. The predicted molar refractivity (Wildman–Crippen MR) is 91.9 cm³/mol. The van der Waals surface area contributed by atoms with Crippen LogP contribution < -0.4 is 10.1 Å². The highest BCUT2D eigenvalue weighted by Crippen LogP contribution is 2.29. The summed E-state index contributed by atoms with van der Waals surface area (Å²) in [5.74, 6) is 0.912. The van der Waals surface area contributed by atoms with Crippen molar-refractivity contribution in [2.75, 3.05) is 26.9 Å². The van der Waals surface area contributed by atoms with Crippen molar-refractivity contribution in [1.29, 1.82) is 0 Å². The first kappa shape index (κ1) is 17.0. The van der Waals surface area contributed by atoms with Crippen LogP contribution in [0.25, 0.3) is 0 Å². The average Bonchev–Trinajstić information content (AvgIpc) is 2.48. The summed E-state index contributed by atoms with van der Waals surface area (Å²) in [4.78, 5) is 0. The Hall–Kier alpha value is -0.370. The van der Waals surface area contributed by atoms with Crippen molar-refractivity contribution in [2.45, 2.75) is 38.0 Å².